The van der Waals surface area contributed by atoms with Crippen LogP contribution in [0.25, 0.3) is 11.0 Å². The van der Waals surface area contributed by atoms with Crippen LogP contribution in [0, 0.1) is 0 Å². The minimum atomic E-state index is -0.797. The molecule has 5 rings (SSSR count). The van der Waals surface area contributed by atoms with Gasteiger partial charge in [-0.05, 0) is 24.1 Å². The van der Waals surface area contributed by atoms with Crippen molar-refractivity contribution in [3.63, 3.8) is 0 Å². The standard InChI is InChI=1S/C27H17NO5/c1-2-7-15-8-5-9-16-14-20(27(32)33-25(15)16)26(31)28-21-13-6-12-19-22(21)24(30)18-11-4-3-10-17(18)23(19)29/h2-6,8-14H,1,7H2,(H,28,31). The molecule has 1 aliphatic carbocycles. The van der Waals surface area contributed by atoms with Crippen LogP contribution in [0.1, 0.15) is 47.8 Å². The first-order valence-corrected chi connectivity index (χ1v) is 10.3. The van der Waals surface area contributed by atoms with Gasteiger partial charge in [0.05, 0.1) is 11.3 Å². The molecule has 160 valence electrons. The highest BCUT2D eigenvalue weighted by Crippen LogP contribution is 2.32. The third-order valence-corrected chi connectivity index (χ3v) is 5.65. The van der Waals surface area contributed by atoms with Gasteiger partial charge in [0.1, 0.15) is 11.1 Å². The molecule has 4 aromatic rings. The van der Waals surface area contributed by atoms with E-state index in [0.29, 0.717) is 23.0 Å². The Hall–Kier alpha value is -4.58. The van der Waals surface area contributed by atoms with Crippen molar-refractivity contribution >= 4 is 34.1 Å². The summed E-state index contributed by atoms with van der Waals surface area (Å²) in [4.78, 5) is 51.7. The molecule has 0 aliphatic heterocycles. The molecule has 3 aromatic carbocycles. The van der Waals surface area contributed by atoms with E-state index in [1.54, 1.807) is 54.6 Å². The van der Waals surface area contributed by atoms with Gasteiger partial charge in [-0.15, -0.1) is 6.58 Å². The van der Waals surface area contributed by atoms with Gasteiger partial charge >= 0.3 is 5.63 Å². The molecular formula is C27H17NO5. The van der Waals surface area contributed by atoms with E-state index in [4.69, 9.17) is 4.42 Å². The lowest BCUT2D eigenvalue weighted by Crippen LogP contribution is -2.25. The first-order chi connectivity index (χ1) is 16.0. The smallest absolute Gasteiger partial charge is 0.349 e. The van der Waals surface area contributed by atoms with E-state index in [1.807, 2.05) is 6.07 Å². The van der Waals surface area contributed by atoms with Crippen LogP contribution in [0.3, 0.4) is 0 Å². The first-order valence-electron chi connectivity index (χ1n) is 10.3. The van der Waals surface area contributed by atoms with Crippen LogP contribution in [0.5, 0.6) is 0 Å². The largest absolute Gasteiger partial charge is 0.422 e. The Morgan fingerprint density at radius 3 is 2.33 bits per heavy atom. The average Bonchev–Trinajstić information content (AvgIpc) is 2.82. The molecule has 33 heavy (non-hydrogen) atoms. The maximum Gasteiger partial charge on any atom is 0.349 e. The normalized spacial score (nSPS) is 12.2. The summed E-state index contributed by atoms with van der Waals surface area (Å²) < 4.78 is 5.45. The van der Waals surface area contributed by atoms with Crippen LogP contribution in [-0.4, -0.2) is 17.5 Å². The number of rotatable bonds is 4. The van der Waals surface area contributed by atoms with E-state index >= 15 is 0 Å². The molecule has 0 spiro atoms. The van der Waals surface area contributed by atoms with Crippen molar-refractivity contribution in [1.29, 1.82) is 0 Å². The Morgan fingerprint density at radius 2 is 1.58 bits per heavy atom. The van der Waals surface area contributed by atoms with E-state index in [2.05, 4.69) is 11.9 Å². The Labute approximate surface area is 188 Å². The number of allylic oxidation sites excluding steroid dienone is 1. The topological polar surface area (TPSA) is 93.5 Å². The number of amides is 1. The summed E-state index contributed by atoms with van der Waals surface area (Å²) >= 11 is 0. The third-order valence-electron chi connectivity index (χ3n) is 5.65. The molecule has 0 saturated heterocycles. The first kappa shape index (κ1) is 20.3. The average molecular weight is 435 g/mol. The molecular weight excluding hydrogens is 418 g/mol. The monoisotopic (exact) mass is 435 g/mol. The Balaban J connectivity index is 1.56. The fourth-order valence-electron chi connectivity index (χ4n) is 4.12. The number of nitrogens with one attached hydrogen (secondary N) is 1. The molecule has 0 atom stereocenters. The van der Waals surface area contributed by atoms with Crippen molar-refractivity contribution < 1.29 is 18.8 Å². The minimum Gasteiger partial charge on any atom is -0.422 e. The van der Waals surface area contributed by atoms with Crippen molar-refractivity contribution in [2.75, 3.05) is 5.32 Å². The Morgan fingerprint density at radius 1 is 0.879 bits per heavy atom. The van der Waals surface area contributed by atoms with Gasteiger partial charge in [0.15, 0.2) is 11.6 Å². The molecule has 0 saturated carbocycles. The highest BCUT2D eigenvalue weighted by molar-refractivity contribution is 6.30. The number of para-hydroxylation sites is 1. The fourth-order valence-corrected chi connectivity index (χ4v) is 4.12. The van der Waals surface area contributed by atoms with Crippen molar-refractivity contribution in [2.45, 2.75) is 6.42 Å². The predicted octanol–water partition coefficient (Wildman–Crippen LogP) is 4.55. The van der Waals surface area contributed by atoms with E-state index in [9.17, 15) is 19.2 Å². The number of hydrogen-bond donors (Lipinski definition) is 1. The SMILES string of the molecule is C=CCc1cccc2cc(C(=O)Nc3cccc4c3C(=O)c3ccccc3C4=O)c(=O)oc12. The molecule has 1 N–H and O–H groups in total. The summed E-state index contributed by atoms with van der Waals surface area (Å²) in [5.74, 6) is -1.39. The minimum absolute atomic E-state index is 0.105. The number of fused-ring (bicyclic) bond motifs is 3. The summed E-state index contributed by atoms with van der Waals surface area (Å²) in [5, 5.41) is 3.22. The van der Waals surface area contributed by atoms with Gasteiger partial charge in [-0.2, -0.15) is 0 Å². The van der Waals surface area contributed by atoms with Crippen LogP contribution < -0.4 is 10.9 Å². The Bertz CT molecular complexity index is 1560. The molecule has 0 bridgehead atoms. The number of carbonyl (C=O) groups excluding carboxylic acids is 3. The highest BCUT2D eigenvalue weighted by Gasteiger charge is 2.32. The van der Waals surface area contributed by atoms with Crippen molar-refractivity contribution in [2.24, 2.45) is 0 Å². The molecule has 6 nitrogen and oxygen atoms in total. The van der Waals surface area contributed by atoms with Gasteiger partial charge in [0, 0.05) is 22.1 Å². The lowest BCUT2D eigenvalue weighted by Gasteiger charge is -2.20. The summed E-state index contributed by atoms with van der Waals surface area (Å²) in [7, 11) is 0. The number of anilines is 1. The summed E-state index contributed by atoms with van der Waals surface area (Å²) in [5.41, 5.74) is 1.25. The highest BCUT2D eigenvalue weighted by atomic mass is 16.4. The molecule has 1 heterocycles. The molecule has 0 radical (unpaired) electrons. The zero-order chi connectivity index (χ0) is 23.1. The van der Waals surface area contributed by atoms with Gasteiger partial charge in [-0.1, -0.05) is 60.7 Å². The van der Waals surface area contributed by atoms with Gasteiger partial charge in [-0.3, -0.25) is 14.4 Å². The van der Waals surface area contributed by atoms with Crippen LogP contribution in [-0.2, 0) is 6.42 Å². The number of carbonyl (C=O) groups is 3. The maximum absolute atomic E-state index is 13.1. The predicted molar refractivity (Wildman–Crippen MR) is 124 cm³/mol. The fraction of sp³-hybridized carbons (Fsp3) is 0.0370. The second-order valence-electron chi connectivity index (χ2n) is 7.66. The number of hydrogen-bond acceptors (Lipinski definition) is 5. The summed E-state index contributed by atoms with van der Waals surface area (Å²) in [6, 6.07) is 18.0. The van der Waals surface area contributed by atoms with Crippen molar-refractivity contribution in [3.05, 3.63) is 123 Å². The van der Waals surface area contributed by atoms with Crippen LogP contribution in [0.4, 0.5) is 5.69 Å². The zero-order valence-electron chi connectivity index (χ0n) is 17.4. The second kappa shape index (κ2) is 7.84. The Kier molecular flexibility index (Phi) is 4.83. The molecule has 1 aliphatic rings. The summed E-state index contributed by atoms with van der Waals surface area (Å²) in [6.07, 6.45) is 2.21. The molecule has 6 heteroatoms. The quantitative estimate of drug-likeness (QED) is 0.330. The van der Waals surface area contributed by atoms with E-state index in [1.165, 1.54) is 12.1 Å². The van der Waals surface area contributed by atoms with Crippen molar-refractivity contribution in [3.8, 4) is 0 Å². The van der Waals surface area contributed by atoms with Gasteiger partial charge in [0.2, 0.25) is 0 Å². The van der Waals surface area contributed by atoms with Gasteiger partial charge < -0.3 is 9.73 Å². The molecule has 1 amide bonds. The molecule has 0 fully saturated rings. The lowest BCUT2D eigenvalue weighted by atomic mass is 9.83. The number of ketones is 2. The van der Waals surface area contributed by atoms with Crippen LogP contribution in [0.2, 0.25) is 0 Å². The van der Waals surface area contributed by atoms with E-state index < -0.39 is 11.5 Å². The van der Waals surface area contributed by atoms with E-state index in [0.717, 1.165) is 5.56 Å². The van der Waals surface area contributed by atoms with E-state index in [-0.39, 0.29) is 39.5 Å². The van der Waals surface area contributed by atoms with Gasteiger partial charge in [0.25, 0.3) is 5.91 Å². The molecule has 0 unspecified atom stereocenters. The van der Waals surface area contributed by atoms with Crippen LogP contribution >= 0.6 is 0 Å². The van der Waals surface area contributed by atoms with Crippen molar-refractivity contribution in [1.82, 2.24) is 0 Å². The zero-order valence-corrected chi connectivity index (χ0v) is 17.4. The second-order valence-corrected chi connectivity index (χ2v) is 7.66. The number of benzene rings is 3. The molecule has 1 aromatic heterocycles. The summed E-state index contributed by atoms with van der Waals surface area (Å²) in [6.45, 7) is 3.70. The van der Waals surface area contributed by atoms with Gasteiger partial charge in [-0.25, -0.2) is 4.79 Å². The third kappa shape index (κ3) is 3.29. The maximum atomic E-state index is 13.1. The van der Waals surface area contributed by atoms with Crippen LogP contribution in [0.15, 0.2) is 88.6 Å². The lowest BCUT2D eigenvalue weighted by molar-refractivity contribution is 0.0978.